The lowest BCUT2D eigenvalue weighted by atomic mass is 9.92. The van der Waals surface area contributed by atoms with Gasteiger partial charge in [-0.2, -0.15) is 0 Å². The molecule has 1 amide bonds. The van der Waals surface area contributed by atoms with E-state index in [1.54, 1.807) is 6.92 Å². The first-order chi connectivity index (χ1) is 15.4. The summed E-state index contributed by atoms with van der Waals surface area (Å²) < 4.78 is 24.2. The Balaban J connectivity index is 1.48. The van der Waals surface area contributed by atoms with Crippen molar-refractivity contribution in [2.45, 2.75) is 49.8 Å². The fourth-order valence-electron chi connectivity index (χ4n) is 4.53. The number of carbonyl (C=O) groups is 1. The second-order valence-corrected chi connectivity index (χ2v) is 9.62. The molecule has 0 aromatic heterocycles. The second-order valence-electron chi connectivity index (χ2n) is 8.92. The van der Waals surface area contributed by atoms with Crippen LogP contribution in [0.1, 0.15) is 55.0 Å². The van der Waals surface area contributed by atoms with Gasteiger partial charge < -0.3 is 15.0 Å². The van der Waals surface area contributed by atoms with Crippen LogP contribution in [0, 0.1) is 0 Å². The van der Waals surface area contributed by atoms with Crippen molar-refractivity contribution < 1.29 is 18.7 Å². The number of carbonyl (C=O) groups excluding carboxylic acids is 1. The molecule has 1 aliphatic heterocycles. The summed E-state index contributed by atoms with van der Waals surface area (Å²) in [5, 5.41) is 13.2. The van der Waals surface area contributed by atoms with Gasteiger partial charge in [0.25, 0.3) is 0 Å². The SMILES string of the molecule is CC(NS(=O)[O-])c1ccc(C2(C(=O)N[C@H](CN3CC[C@H](O)C3)c3ccccc3)CC2)cc1. The van der Waals surface area contributed by atoms with Gasteiger partial charge in [-0.25, -0.2) is 4.72 Å². The van der Waals surface area contributed by atoms with Crippen LogP contribution in [-0.2, 0) is 21.5 Å². The minimum atomic E-state index is -2.33. The van der Waals surface area contributed by atoms with Crippen LogP contribution in [0.15, 0.2) is 54.6 Å². The van der Waals surface area contributed by atoms with Crippen LogP contribution in [0.3, 0.4) is 0 Å². The second kappa shape index (κ2) is 9.80. The zero-order valence-electron chi connectivity index (χ0n) is 18.2. The molecule has 1 heterocycles. The van der Waals surface area contributed by atoms with Crippen molar-refractivity contribution >= 4 is 17.2 Å². The van der Waals surface area contributed by atoms with Crippen LogP contribution in [0.2, 0.25) is 0 Å². The number of β-amino-alcohol motifs (C(OH)–C–C–N with tert-alkyl or cyclic N) is 1. The first kappa shape index (κ1) is 23.1. The highest BCUT2D eigenvalue weighted by Gasteiger charge is 2.51. The third-order valence-corrected chi connectivity index (χ3v) is 7.16. The zero-order valence-corrected chi connectivity index (χ0v) is 19.0. The van der Waals surface area contributed by atoms with E-state index in [2.05, 4.69) is 14.9 Å². The van der Waals surface area contributed by atoms with E-state index in [-0.39, 0.29) is 24.1 Å². The summed E-state index contributed by atoms with van der Waals surface area (Å²) in [6, 6.07) is 17.1. The van der Waals surface area contributed by atoms with Crippen molar-refractivity contribution in [2.24, 2.45) is 0 Å². The van der Waals surface area contributed by atoms with Gasteiger partial charge in [0.15, 0.2) is 0 Å². The standard InChI is InChI=1S/C24H31N3O4S/c1-17(26-32(30)31)18-7-9-20(10-8-18)24(12-13-24)23(29)25-22(19-5-3-2-4-6-19)16-27-14-11-21(28)15-27/h2-10,17,21-22,26,28H,11-16H2,1H3,(H,25,29)(H,30,31)/p-1/t17?,21-,22+/m0/s1. The smallest absolute Gasteiger partial charge is 0.231 e. The Hall–Kier alpha value is -2.10. The quantitative estimate of drug-likeness (QED) is 0.501. The van der Waals surface area contributed by atoms with E-state index in [4.69, 9.17) is 0 Å². The molecular formula is C24H30N3O4S-. The first-order valence-corrected chi connectivity index (χ1v) is 12.2. The Morgan fingerprint density at radius 2 is 1.88 bits per heavy atom. The van der Waals surface area contributed by atoms with Crippen LogP contribution in [0.5, 0.6) is 0 Å². The molecule has 1 aliphatic carbocycles. The molecule has 0 radical (unpaired) electrons. The number of nitrogens with zero attached hydrogens (tertiary/aromatic N) is 1. The fraction of sp³-hybridized carbons (Fsp3) is 0.458. The molecule has 2 fully saturated rings. The van der Waals surface area contributed by atoms with Gasteiger partial charge in [0.1, 0.15) is 0 Å². The molecule has 32 heavy (non-hydrogen) atoms. The molecule has 1 saturated carbocycles. The first-order valence-electron chi connectivity index (χ1n) is 11.1. The minimum Gasteiger partial charge on any atom is -0.760 e. The maximum absolute atomic E-state index is 13.4. The van der Waals surface area contributed by atoms with Gasteiger partial charge >= 0.3 is 0 Å². The lowest BCUT2D eigenvalue weighted by molar-refractivity contribution is -0.124. The normalized spacial score (nSPS) is 22.8. The largest absolute Gasteiger partial charge is 0.760 e. The van der Waals surface area contributed by atoms with Gasteiger partial charge in [-0.1, -0.05) is 54.6 Å². The molecule has 4 atom stereocenters. The minimum absolute atomic E-state index is 0.0192. The van der Waals surface area contributed by atoms with Crippen molar-refractivity contribution in [3.05, 3.63) is 71.3 Å². The molecular weight excluding hydrogens is 426 g/mol. The average molecular weight is 457 g/mol. The van der Waals surface area contributed by atoms with Gasteiger partial charge in [0.05, 0.1) is 17.6 Å². The molecule has 2 aliphatic rings. The number of rotatable bonds is 9. The number of aliphatic hydroxyl groups excluding tert-OH is 1. The molecule has 7 nitrogen and oxygen atoms in total. The van der Waals surface area contributed by atoms with E-state index in [1.807, 2.05) is 54.6 Å². The summed E-state index contributed by atoms with van der Waals surface area (Å²) in [7, 11) is 0. The monoisotopic (exact) mass is 456 g/mol. The van der Waals surface area contributed by atoms with Gasteiger partial charge in [-0.05, 0) is 42.9 Å². The summed E-state index contributed by atoms with van der Waals surface area (Å²) >= 11 is -2.33. The summed E-state index contributed by atoms with van der Waals surface area (Å²) in [6.07, 6.45) is 2.05. The van der Waals surface area contributed by atoms with Crippen molar-refractivity contribution in [3.8, 4) is 0 Å². The van der Waals surface area contributed by atoms with Crippen molar-refractivity contribution in [2.75, 3.05) is 19.6 Å². The van der Waals surface area contributed by atoms with E-state index >= 15 is 0 Å². The van der Waals surface area contributed by atoms with Crippen LogP contribution in [-0.4, -0.2) is 50.4 Å². The molecule has 4 rings (SSSR count). The molecule has 3 N–H and O–H groups in total. The molecule has 0 spiro atoms. The Morgan fingerprint density at radius 3 is 2.44 bits per heavy atom. The summed E-state index contributed by atoms with van der Waals surface area (Å²) in [5.41, 5.74) is 2.33. The maximum Gasteiger partial charge on any atom is 0.231 e. The van der Waals surface area contributed by atoms with Crippen molar-refractivity contribution in [3.63, 3.8) is 0 Å². The van der Waals surface area contributed by atoms with E-state index in [9.17, 15) is 18.7 Å². The summed E-state index contributed by atoms with van der Waals surface area (Å²) in [4.78, 5) is 15.6. The summed E-state index contributed by atoms with van der Waals surface area (Å²) in [5.74, 6) is 0.0192. The average Bonchev–Trinajstić information content (AvgIpc) is 3.50. The molecule has 8 heteroatoms. The lowest BCUT2D eigenvalue weighted by Gasteiger charge is -2.27. The van der Waals surface area contributed by atoms with Crippen LogP contribution >= 0.6 is 0 Å². The van der Waals surface area contributed by atoms with Gasteiger partial charge in [-0.15, -0.1) is 0 Å². The maximum atomic E-state index is 13.4. The fourth-order valence-corrected chi connectivity index (χ4v) is 4.95. The van der Waals surface area contributed by atoms with Gasteiger partial charge in [0, 0.05) is 36.9 Å². The predicted molar refractivity (Wildman–Crippen MR) is 122 cm³/mol. The van der Waals surface area contributed by atoms with Crippen molar-refractivity contribution in [1.82, 2.24) is 14.9 Å². The topological polar surface area (TPSA) is 105 Å². The molecule has 172 valence electrons. The Kier molecular flexibility index (Phi) is 7.07. The number of aliphatic hydroxyl groups is 1. The molecule has 2 unspecified atom stereocenters. The number of hydrogen-bond acceptors (Lipinski definition) is 5. The number of nitrogens with one attached hydrogen (secondary N) is 2. The highest BCUT2D eigenvalue weighted by Crippen LogP contribution is 2.49. The molecule has 0 bridgehead atoms. The van der Waals surface area contributed by atoms with Gasteiger partial charge in [0.2, 0.25) is 5.91 Å². The van der Waals surface area contributed by atoms with E-state index < -0.39 is 16.7 Å². The Labute approximate surface area is 191 Å². The van der Waals surface area contributed by atoms with Gasteiger partial charge in [-0.3, -0.25) is 13.9 Å². The van der Waals surface area contributed by atoms with Crippen LogP contribution in [0.25, 0.3) is 0 Å². The summed E-state index contributed by atoms with van der Waals surface area (Å²) in [6.45, 7) is 3.90. The lowest BCUT2D eigenvalue weighted by Crippen LogP contribution is -2.42. The molecule has 1 saturated heterocycles. The van der Waals surface area contributed by atoms with Crippen molar-refractivity contribution in [1.29, 1.82) is 0 Å². The van der Waals surface area contributed by atoms with E-state index in [1.165, 1.54) is 0 Å². The van der Waals surface area contributed by atoms with E-state index in [0.717, 1.165) is 42.5 Å². The Bertz CT molecular complexity index is 949. The molecule has 2 aromatic carbocycles. The molecule has 2 aromatic rings. The number of benzene rings is 2. The number of hydrogen-bond donors (Lipinski definition) is 3. The Morgan fingerprint density at radius 1 is 1.19 bits per heavy atom. The van der Waals surface area contributed by atoms with E-state index in [0.29, 0.717) is 13.1 Å². The highest BCUT2D eigenvalue weighted by atomic mass is 32.2. The third-order valence-electron chi connectivity index (χ3n) is 6.62. The number of likely N-dealkylation sites (tertiary alicyclic amines) is 1. The van der Waals surface area contributed by atoms with Crippen LogP contribution < -0.4 is 10.0 Å². The highest BCUT2D eigenvalue weighted by molar-refractivity contribution is 7.77. The third kappa shape index (κ3) is 5.27. The number of amides is 1. The predicted octanol–water partition coefficient (Wildman–Crippen LogP) is 2.09. The van der Waals surface area contributed by atoms with Crippen LogP contribution in [0.4, 0.5) is 0 Å². The zero-order chi connectivity index (χ0) is 22.7.